The van der Waals surface area contributed by atoms with Crippen molar-refractivity contribution in [3.05, 3.63) is 53.6 Å². The summed E-state index contributed by atoms with van der Waals surface area (Å²) in [5, 5.41) is 2.81. The molecule has 3 rings (SSSR count). The van der Waals surface area contributed by atoms with E-state index in [9.17, 15) is 13.2 Å². The third kappa shape index (κ3) is 5.81. The first-order valence-corrected chi connectivity index (χ1v) is 12.2. The molecule has 8 heteroatoms. The maximum Gasteiger partial charge on any atom is 0.258 e. The van der Waals surface area contributed by atoms with Crippen LogP contribution in [0.15, 0.2) is 47.4 Å². The number of hydrogen-bond donors (Lipinski definition) is 1. The van der Waals surface area contributed by atoms with E-state index >= 15 is 0 Å². The molecule has 2 aromatic carbocycles. The quantitative estimate of drug-likeness (QED) is 0.652. The first kappa shape index (κ1) is 24.1. The number of benzene rings is 2. The summed E-state index contributed by atoms with van der Waals surface area (Å²) >= 11 is 0. The number of hydrogen-bond acceptors (Lipinski definition) is 5. The first-order valence-electron chi connectivity index (χ1n) is 10.8. The summed E-state index contributed by atoms with van der Waals surface area (Å²) in [5.74, 6) is 1.13. The Morgan fingerprint density at radius 3 is 2.31 bits per heavy atom. The summed E-state index contributed by atoms with van der Waals surface area (Å²) in [6.45, 7) is 7.54. The predicted octanol–water partition coefficient (Wildman–Crippen LogP) is 3.47. The van der Waals surface area contributed by atoms with Gasteiger partial charge in [-0.15, -0.1) is 0 Å². The molecule has 1 amide bonds. The van der Waals surface area contributed by atoms with Crippen LogP contribution in [0.5, 0.6) is 11.5 Å². The molecule has 1 N–H and O–H groups in total. The molecule has 0 atom stereocenters. The lowest BCUT2D eigenvalue weighted by Gasteiger charge is -2.23. The molecular weight excluding hydrogens is 428 g/mol. The van der Waals surface area contributed by atoms with Crippen LogP contribution in [0, 0.1) is 0 Å². The molecule has 0 aromatic heterocycles. The summed E-state index contributed by atoms with van der Waals surface area (Å²) in [5.41, 5.74) is 1.61. The molecule has 1 aliphatic rings. The van der Waals surface area contributed by atoms with Gasteiger partial charge in [-0.2, -0.15) is 4.31 Å². The molecule has 0 unspecified atom stereocenters. The molecule has 1 fully saturated rings. The summed E-state index contributed by atoms with van der Waals surface area (Å²) in [6, 6.07) is 12.2. The molecule has 0 bridgehead atoms. The van der Waals surface area contributed by atoms with Gasteiger partial charge in [-0.3, -0.25) is 4.79 Å². The largest absolute Gasteiger partial charge is 0.497 e. The van der Waals surface area contributed by atoms with Crippen molar-refractivity contribution in [1.29, 1.82) is 0 Å². The average Bonchev–Trinajstić information content (AvgIpc) is 3.32. The summed E-state index contributed by atoms with van der Waals surface area (Å²) in [7, 11) is -1.82. The highest BCUT2D eigenvalue weighted by molar-refractivity contribution is 7.89. The van der Waals surface area contributed by atoms with Crippen LogP contribution in [-0.2, 0) is 26.8 Å². The molecule has 0 saturated carbocycles. The number of sulfonamides is 1. The van der Waals surface area contributed by atoms with Gasteiger partial charge in [0.05, 0.1) is 12.0 Å². The van der Waals surface area contributed by atoms with Gasteiger partial charge in [-0.05, 0) is 54.2 Å². The second-order valence-corrected chi connectivity index (χ2v) is 10.9. The number of nitrogens with zero attached hydrogens (tertiary/aromatic N) is 1. The molecular formula is C24H32N2O5S. The van der Waals surface area contributed by atoms with E-state index in [0.717, 1.165) is 29.7 Å². The van der Waals surface area contributed by atoms with Crippen LogP contribution >= 0.6 is 0 Å². The summed E-state index contributed by atoms with van der Waals surface area (Å²) in [6.07, 6.45) is 1.80. The van der Waals surface area contributed by atoms with Gasteiger partial charge in [0.15, 0.2) is 6.61 Å². The SMILES string of the molecule is COc1ccc(OCC(=O)NCc2ccc(S(=O)(=O)N3CCCC3)cc2)c(C(C)(C)C)c1. The Morgan fingerprint density at radius 2 is 1.72 bits per heavy atom. The molecule has 0 spiro atoms. The second kappa shape index (κ2) is 9.92. The number of carbonyl (C=O) groups is 1. The molecule has 7 nitrogen and oxygen atoms in total. The van der Waals surface area contributed by atoms with Gasteiger partial charge in [0.2, 0.25) is 10.0 Å². The number of amides is 1. The maximum atomic E-state index is 12.6. The van der Waals surface area contributed by atoms with Crippen molar-refractivity contribution in [3.63, 3.8) is 0 Å². The van der Waals surface area contributed by atoms with E-state index in [1.54, 1.807) is 37.4 Å². The number of carbonyl (C=O) groups excluding carboxylic acids is 1. The smallest absolute Gasteiger partial charge is 0.258 e. The Kier molecular flexibility index (Phi) is 7.46. The third-order valence-corrected chi connectivity index (χ3v) is 7.38. The highest BCUT2D eigenvalue weighted by atomic mass is 32.2. The number of nitrogens with one attached hydrogen (secondary N) is 1. The van der Waals surface area contributed by atoms with Gasteiger partial charge < -0.3 is 14.8 Å². The topological polar surface area (TPSA) is 84.9 Å². The molecule has 2 aromatic rings. The van der Waals surface area contributed by atoms with E-state index in [2.05, 4.69) is 26.1 Å². The molecule has 32 heavy (non-hydrogen) atoms. The van der Waals surface area contributed by atoms with E-state index in [0.29, 0.717) is 25.4 Å². The lowest BCUT2D eigenvalue weighted by atomic mass is 9.86. The van der Waals surface area contributed by atoms with Gasteiger partial charge >= 0.3 is 0 Å². The fourth-order valence-corrected chi connectivity index (χ4v) is 5.12. The van der Waals surface area contributed by atoms with Crippen LogP contribution in [0.3, 0.4) is 0 Å². The highest BCUT2D eigenvalue weighted by Gasteiger charge is 2.27. The molecule has 1 heterocycles. The van der Waals surface area contributed by atoms with Crippen LogP contribution in [0.25, 0.3) is 0 Å². The Labute approximate surface area is 190 Å². The van der Waals surface area contributed by atoms with Crippen LogP contribution in [0.2, 0.25) is 0 Å². The normalized spacial score (nSPS) is 14.9. The predicted molar refractivity (Wildman–Crippen MR) is 123 cm³/mol. The molecule has 1 aliphatic heterocycles. The van der Waals surface area contributed by atoms with Gasteiger partial charge in [-0.25, -0.2) is 8.42 Å². The Balaban J connectivity index is 1.55. The Hall–Kier alpha value is -2.58. The van der Waals surface area contributed by atoms with Gasteiger partial charge in [0.25, 0.3) is 5.91 Å². The molecule has 1 saturated heterocycles. The first-order chi connectivity index (χ1) is 15.1. The fraction of sp³-hybridized carbons (Fsp3) is 0.458. The standard InChI is InChI=1S/C24H32N2O5S/c1-24(2,3)21-15-19(30-4)9-12-22(21)31-17-23(27)25-16-18-7-10-20(11-8-18)32(28,29)26-13-5-6-14-26/h7-12,15H,5-6,13-14,16-17H2,1-4H3,(H,25,27). The lowest BCUT2D eigenvalue weighted by Crippen LogP contribution is -2.29. The molecule has 0 radical (unpaired) electrons. The Morgan fingerprint density at radius 1 is 1.06 bits per heavy atom. The average molecular weight is 461 g/mol. The van der Waals surface area contributed by atoms with E-state index in [1.165, 1.54) is 4.31 Å². The van der Waals surface area contributed by atoms with Gasteiger partial charge in [0.1, 0.15) is 11.5 Å². The zero-order valence-corrected chi connectivity index (χ0v) is 20.0. The number of ether oxygens (including phenoxy) is 2. The molecule has 0 aliphatic carbocycles. The number of methoxy groups -OCH3 is 1. The van der Waals surface area contributed by atoms with Crippen LogP contribution < -0.4 is 14.8 Å². The van der Waals surface area contributed by atoms with Crippen molar-refractivity contribution in [2.24, 2.45) is 0 Å². The third-order valence-electron chi connectivity index (χ3n) is 5.47. The zero-order valence-electron chi connectivity index (χ0n) is 19.2. The van der Waals surface area contributed by atoms with Crippen molar-refractivity contribution < 1.29 is 22.7 Å². The second-order valence-electron chi connectivity index (χ2n) is 8.93. The van der Waals surface area contributed by atoms with Crippen LogP contribution in [-0.4, -0.2) is 45.4 Å². The van der Waals surface area contributed by atoms with E-state index in [4.69, 9.17) is 9.47 Å². The minimum absolute atomic E-state index is 0.114. The maximum absolute atomic E-state index is 12.6. The van der Waals surface area contributed by atoms with Crippen molar-refractivity contribution in [1.82, 2.24) is 9.62 Å². The summed E-state index contributed by atoms with van der Waals surface area (Å²) in [4.78, 5) is 12.6. The Bertz CT molecular complexity index is 1040. The number of rotatable bonds is 8. The summed E-state index contributed by atoms with van der Waals surface area (Å²) < 4.78 is 37.8. The lowest BCUT2D eigenvalue weighted by molar-refractivity contribution is -0.123. The van der Waals surface area contributed by atoms with Crippen molar-refractivity contribution >= 4 is 15.9 Å². The van der Waals surface area contributed by atoms with Crippen LogP contribution in [0.1, 0.15) is 44.7 Å². The van der Waals surface area contributed by atoms with Gasteiger partial charge in [0, 0.05) is 25.2 Å². The van der Waals surface area contributed by atoms with E-state index in [1.807, 2.05) is 12.1 Å². The van der Waals surface area contributed by atoms with Crippen LogP contribution in [0.4, 0.5) is 0 Å². The minimum atomic E-state index is -3.43. The van der Waals surface area contributed by atoms with Crippen molar-refractivity contribution in [2.45, 2.75) is 50.5 Å². The van der Waals surface area contributed by atoms with E-state index < -0.39 is 10.0 Å². The van der Waals surface area contributed by atoms with Crippen molar-refractivity contribution in [3.8, 4) is 11.5 Å². The highest BCUT2D eigenvalue weighted by Crippen LogP contribution is 2.34. The minimum Gasteiger partial charge on any atom is -0.497 e. The van der Waals surface area contributed by atoms with E-state index in [-0.39, 0.29) is 22.8 Å². The van der Waals surface area contributed by atoms with Crippen molar-refractivity contribution in [2.75, 3.05) is 26.8 Å². The monoisotopic (exact) mass is 460 g/mol. The molecule has 174 valence electrons. The zero-order chi connectivity index (χ0) is 23.4. The fourth-order valence-electron chi connectivity index (χ4n) is 3.60. The van der Waals surface area contributed by atoms with Gasteiger partial charge in [-0.1, -0.05) is 32.9 Å².